The number of hydrogen-bond acceptors (Lipinski definition) is 6. The van der Waals surface area contributed by atoms with Gasteiger partial charge < -0.3 is 18.6 Å². The molecule has 0 N–H and O–H groups in total. The number of carbonyl (C=O) groups is 2. The van der Waals surface area contributed by atoms with E-state index < -0.39 is 31.9 Å². The van der Waals surface area contributed by atoms with Crippen molar-refractivity contribution in [2.75, 3.05) is 13.2 Å². The van der Waals surface area contributed by atoms with Crippen molar-refractivity contribution >= 4 is 20.1 Å². The molecule has 1 aliphatic rings. The first-order chi connectivity index (χ1) is 12.6. The van der Waals surface area contributed by atoms with Crippen LogP contribution in [-0.4, -0.2) is 51.3 Å². The number of ketones is 1. The van der Waals surface area contributed by atoms with Gasteiger partial charge in [-0.2, -0.15) is 0 Å². The molecule has 0 aromatic heterocycles. The lowest BCUT2D eigenvalue weighted by molar-refractivity contribution is -0.153. The molecular formula is C21H40O6Si. The monoisotopic (exact) mass is 416 g/mol. The second-order valence-corrected chi connectivity index (χ2v) is 14.5. The minimum Gasteiger partial charge on any atom is -0.465 e. The van der Waals surface area contributed by atoms with Crippen molar-refractivity contribution in [3.8, 4) is 0 Å². The molecule has 6 nitrogen and oxygen atoms in total. The van der Waals surface area contributed by atoms with Gasteiger partial charge in [-0.25, -0.2) is 0 Å². The highest BCUT2D eigenvalue weighted by Crippen LogP contribution is 2.39. The standard InChI is InChI=1S/C21H40O6Si/c1-11-24-19(23)15(3)18(22)14(2)17(27-28(9,10)20(4,5)6)12-16-13-25-21(7,8)26-16/h14-17H,11-13H2,1-10H3/t14-,15?,16+,17-/m1/s1. The van der Waals surface area contributed by atoms with Crippen molar-refractivity contribution in [2.45, 2.75) is 97.9 Å². The maximum absolute atomic E-state index is 13.0. The lowest BCUT2D eigenvalue weighted by Crippen LogP contribution is -2.48. The summed E-state index contributed by atoms with van der Waals surface area (Å²) >= 11 is 0. The summed E-state index contributed by atoms with van der Waals surface area (Å²) in [7, 11) is -2.13. The lowest BCUT2D eigenvalue weighted by atomic mass is 9.88. The quantitative estimate of drug-likeness (QED) is 0.317. The number of carbonyl (C=O) groups excluding carboxylic acids is 2. The molecular weight excluding hydrogens is 376 g/mol. The van der Waals surface area contributed by atoms with Gasteiger partial charge >= 0.3 is 5.97 Å². The molecule has 0 amide bonds. The maximum atomic E-state index is 13.0. The van der Waals surface area contributed by atoms with Crippen LogP contribution in [0.4, 0.5) is 0 Å². The molecule has 0 aliphatic carbocycles. The van der Waals surface area contributed by atoms with Crippen LogP contribution in [0.2, 0.25) is 18.1 Å². The molecule has 0 aromatic carbocycles. The summed E-state index contributed by atoms with van der Waals surface area (Å²) in [5.74, 6) is -2.51. The molecule has 1 rings (SSSR count). The summed E-state index contributed by atoms with van der Waals surface area (Å²) < 4.78 is 23.3. The first-order valence-electron chi connectivity index (χ1n) is 10.3. The third kappa shape index (κ3) is 6.64. The fraction of sp³-hybridized carbons (Fsp3) is 0.905. The Labute approximate surface area is 171 Å². The number of rotatable bonds is 9. The van der Waals surface area contributed by atoms with Gasteiger partial charge in [0.1, 0.15) is 5.92 Å². The van der Waals surface area contributed by atoms with E-state index in [1.165, 1.54) is 0 Å². The highest BCUT2D eigenvalue weighted by Gasteiger charge is 2.44. The van der Waals surface area contributed by atoms with E-state index in [0.29, 0.717) is 13.0 Å². The largest absolute Gasteiger partial charge is 0.465 e. The van der Waals surface area contributed by atoms with E-state index in [0.717, 1.165) is 0 Å². The summed E-state index contributed by atoms with van der Waals surface area (Å²) in [5.41, 5.74) is 0. The molecule has 7 heteroatoms. The third-order valence-corrected chi connectivity index (χ3v) is 10.4. The second kappa shape index (κ2) is 9.37. The minimum absolute atomic E-state index is 0.00702. The maximum Gasteiger partial charge on any atom is 0.316 e. The number of esters is 1. The zero-order valence-corrected chi connectivity index (χ0v) is 20.4. The number of Topliss-reactive ketones (excluding diaryl/α,β-unsaturated/α-hetero) is 1. The molecule has 1 heterocycles. The lowest BCUT2D eigenvalue weighted by Gasteiger charge is -2.41. The van der Waals surface area contributed by atoms with Crippen LogP contribution in [0.25, 0.3) is 0 Å². The van der Waals surface area contributed by atoms with Gasteiger partial charge in [-0.15, -0.1) is 0 Å². The molecule has 0 spiro atoms. The molecule has 0 aromatic rings. The second-order valence-electron chi connectivity index (χ2n) is 9.77. The average Bonchev–Trinajstić information content (AvgIpc) is 2.89. The predicted molar refractivity (Wildman–Crippen MR) is 112 cm³/mol. The van der Waals surface area contributed by atoms with Crippen molar-refractivity contribution in [2.24, 2.45) is 11.8 Å². The highest BCUT2D eigenvalue weighted by atomic mass is 28.4. The van der Waals surface area contributed by atoms with Gasteiger partial charge in [-0.1, -0.05) is 27.7 Å². The Bertz CT molecular complexity index is 552. The van der Waals surface area contributed by atoms with Gasteiger partial charge in [-0.05, 0) is 45.8 Å². The smallest absolute Gasteiger partial charge is 0.316 e. The third-order valence-electron chi connectivity index (χ3n) is 5.89. The first-order valence-corrected chi connectivity index (χ1v) is 13.2. The van der Waals surface area contributed by atoms with E-state index in [4.69, 9.17) is 18.6 Å². The molecule has 1 saturated heterocycles. The molecule has 28 heavy (non-hydrogen) atoms. The van der Waals surface area contributed by atoms with Crippen LogP contribution in [0.5, 0.6) is 0 Å². The molecule has 4 atom stereocenters. The fourth-order valence-electron chi connectivity index (χ4n) is 3.01. The Kier molecular flexibility index (Phi) is 8.45. The van der Waals surface area contributed by atoms with E-state index in [1.807, 2.05) is 20.8 Å². The van der Waals surface area contributed by atoms with Crippen LogP contribution in [0.15, 0.2) is 0 Å². The Balaban J connectivity index is 3.01. The van der Waals surface area contributed by atoms with Gasteiger partial charge in [0.2, 0.25) is 0 Å². The first kappa shape index (κ1) is 25.3. The van der Waals surface area contributed by atoms with Crippen molar-refractivity contribution in [1.29, 1.82) is 0 Å². The van der Waals surface area contributed by atoms with Crippen LogP contribution >= 0.6 is 0 Å². The Morgan fingerprint density at radius 1 is 1.21 bits per heavy atom. The summed E-state index contributed by atoms with van der Waals surface area (Å²) in [4.78, 5) is 25.1. The average molecular weight is 417 g/mol. The molecule has 164 valence electrons. The SMILES string of the molecule is CCOC(=O)C(C)C(=O)[C@H](C)[C@@H](C[C@H]1COC(C)(C)O1)O[Si](C)(C)C(C)(C)C. The molecule has 0 bridgehead atoms. The summed E-state index contributed by atoms with van der Waals surface area (Å²) in [5, 5.41) is 0.00702. The molecule has 1 aliphatic heterocycles. The summed E-state index contributed by atoms with van der Waals surface area (Å²) in [6, 6.07) is 0. The minimum atomic E-state index is -2.13. The van der Waals surface area contributed by atoms with Crippen LogP contribution < -0.4 is 0 Å². The molecule has 0 radical (unpaired) electrons. The van der Waals surface area contributed by atoms with E-state index in [1.54, 1.807) is 13.8 Å². The van der Waals surface area contributed by atoms with Crippen LogP contribution in [0, 0.1) is 11.8 Å². The zero-order chi connectivity index (χ0) is 21.9. The topological polar surface area (TPSA) is 71.1 Å². The van der Waals surface area contributed by atoms with Crippen molar-refractivity contribution < 1.29 is 28.2 Å². The normalized spacial score (nSPS) is 23.1. The number of hydrogen-bond donors (Lipinski definition) is 0. The molecule has 1 unspecified atom stereocenters. The van der Waals surface area contributed by atoms with Crippen LogP contribution in [-0.2, 0) is 28.2 Å². The van der Waals surface area contributed by atoms with E-state index in [9.17, 15) is 9.59 Å². The molecule has 1 fully saturated rings. The Morgan fingerprint density at radius 2 is 1.79 bits per heavy atom. The van der Waals surface area contributed by atoms with Gasteiger partial charge in [0.25, 0.3) is 0 Å². The van der Waals surface area contributed by atoms with Crippen molar-refractivity contribution in [1.82, 2.24) is 0 Å². The highest BCUT2D eigenvalue weighted by molar-refractivity contribution is 6.74. The van der Waals surface area contributed by atoms with Gasteiger partial charge in [0, 0.05) is 12.3 Å². The fourth-order valence-corrected chi connectivity index (χ4v) is 4.42. The Hall–Kier alpha value is -0.763. The van der Waals surface area contributed by atoms with Crippen molar-refractivity contribution in [3.05, 3.63) is 0 Å². The summed E-state index contributed by atoms with van der Waals surface area (Å²) in [6.07, 6.45) is 0.0731. The van der Waals surface area contributed by atoms with Crippen LogP contribution in [0.1, 0.15) is 61.8 Å². The van der Waals surface area contributed by atoms with Crippen molar-refractivity contribution in [3.63, 3.8) is 0 Å². The van der Waals surface area contributed by atoms with Crippen LogP contribution in [0.3, 0.4) is 0 Å². The Morgan fingerprint density at radius 3 is 2.21 bits per heavy atom. The summed E-state index contributed by atoms with van der Waals surface area (Å²) in [6.45, 7) is 20.5. The van der Waals surface area contributed by atoms with Gasteiger partial charge in [-0.3, -0.25) is 9.59 Å². The van der Waals surface area contributed by atoms with E-state index in [-0.39, 0.29) is 29.6 Å². The molecule has 0 saturated carbocycles. The number of ether oxygens (including phenoxy) is 3. The van der Waals surface area contributed by atoms with Gasteiger partial charge in [0.05, 0.1) is 25.4 Å². The van der Waals surface area contributed by atoms with E-state index >= 15 is 0 Å². The van der Waals surface area contributed by atoms with Gasteiger partial charge in [0.15, 0.2) is 19.9 Å². The van der Waals surface area contributed by atoms with E-state index in [2.05, 4.69) is 33.9 Å². The zero-order valence-electron chi connectivity index (χ0n) is 19.4. The predicted octanol–water partition coefficient (Wildman–Crippen LogP) is 4.32.